The van der Waals surface area contributed by atoms with Gasteiger partial charge in [0, 0.05) is 6.20 Å². The predicted octanol–water partition coefficient (Wildman–Crippen LogP) is 1.48. The van der Waals surface area contributed by atoms with E-state index in [1.54, 1.807) is 6.07 Å². The third-order valence-electron chi connectivity index (χ3n) is 2.17. The molecule has 1 aromatic heterocycles. The third-order valence-corrected chi connectivity index (χ3v) is 2.17. The second kappa shape index (κ2) is 2.39. The van der Waals surface area contributed by atoms with Crippen molar-refractivity contribution >= 4 is 0 Å². The van der Waals surface area contributed by atoms with Crippen molar-refractivity contribution in [1.82, 2.24) is 9.78 Å². The number of nitriles is 1. The van der Waals surface area contributed by atoms with Crippen LogP contribution >= 0.6 is 0 Å². The van der Waals surface area contributed by atoms with Crippen LogP contribution in [0.2, 0.25) is 0 Å². The van der Waals surface area contributed by atoms with Gasteiger partial charge in [-0.3, -0.25) is 4.68 Å². The smallest absolute Gasteiger partial charge is 0.162 e. The maximum atomic E-state index is 8.50. The predicted molar refractivity (Wildman–Crippen MR) is 39.8 cm³/mol. The van der Waals surface area contributed by atoms with Gasteiger partial charge in [-0.25, -0.2) is 0 Å². The van der Waals surface area contributed by atoms with Crippen LogP contribution < -0.4 is 0 Å². The zero-order valence-corrected chi connectivity index (χ0v) is 6.20. The number of rotatable bonds is 1. The highest BCUT2D eigenvalue weighted by molar-refractivity contribution is 5.17. The van der Waals surface area contributed by atoms with Crippen molar-refractivity contribution in [2.24, 2.45) is 0 Å². The van der Waals surface area contributed by atoms with Crippen LogP contribution in [0.5, 0.6) is 0 Å². The highest BCUT2D eigenvalue weighted by Gasteiger charge is 2.19. The molecule has 2 rings (SSSR count). The lowest BCUT2D eigenvalue weighted by atomic mass is 9.93. The molecule has 0 unspecified atom stereocenters. The quantitative estimate of drug-likeness (QED) is 0.603. The van der Waals surface area contributed by atoms with E-state index < -0.39 is 0 Å². The maximum absolute atomic E-state index is 8.50. The first-order valence-corrected chi connectivity index (χ1v) is 3.85. The van der Waals surface area contributed by atoms with Gasteiger partial charge in [0.15, 0.2) is 5.69 Å². The molecular formula is C8H9N3. The van der Waals surface area contributed by atoms with E-state index in [4.69, 9.17) is 5.26 Å². The zero-order chi connectivity index (χ0) is 7.68. The van der Waals surface area contributed by atoms with Crippen molar-refractivity contribution in [1.29, 1.82) is 5.26 Å². The molecule has 3 heteroatoms. The summed E-state index contributed by atoms with van der Waals surface area (Å²) in [7, 11) is 0. The molecule has 0 aromatic carbocycles. The fraction of sp³-hybridized carbons (Fsp3) is 0.500. The topological polar surface area (TPSA) is 41.6 Å². The molecule has 0 amide bonds. The molecule has 11 heavy (non-hydrogen) atoms. The second-order valence-corrected chi connectivity index (χ2v) is 2.88. The van der Waals surface area contributed by atoms with E-state index in [-0.39, 0.29) is 0 Å². The summed E-state index contributed by atoms with van der Waals surface area (Å²) in [4.78, 5) is 0. The summed E-state index contributed by atoms with van der Waals surface area (Å²) in [5.74, 6) is 0. The standard InChI is InChI=1S/C8H9N3/c9-6-7-4-5-11(10-7)8-2-1-3-8/h4-5,8H,1-3H2. The van der Waals surface area contributed by atoms with E-state index in [1.165, 1.54) is 19.3 Å². The van der Waals surface area contributed by atoms with E-state index in [0.29, 0.717) is 11.7 Å². The molecule has 0 aliphatic heterocycles. The Bertz CT molecular complexity index is 291. The van der Waals surface area contributed by atoms with Gasteiger partial charge in [0.2, 0.25) is 0 Å². The molecule has 0 bridgehead atoms. The van der Waals surface area contributed by atoms with Gasteiger partial charge in [0.1, 0.15) is 6.07 Å². The van der Waals surface area contributed by atoms with E-state index in [9.17, 15) is 0 Å². The van der Waals surface area contributed by atoms with Crippen LogP contribution in [0.1, 0.15) is 31.0 Å². The lowest BCUT2D eigenvalue weighted by Crippen LogP contribution is -2.17. The molecule has 0 radical (unpaired) electrons. The van der Waals surface area contributed by atoms with Crippen LogP contribution in [-0.4, -0.2) is 9.78 Å². The molecule has 0 spiro atoms. The van der Waals surface area contributed by atoms with Crippen molar-refractivity contribution in [2.45, 2.75) is 25.3 Å². The monoisotopic (exact) mass is 147 g/mol. The first-order valence-electron chi connectivity index (χ1n) is 3.85. The van der Waals surface area contributed by atoms with Crippen molar-refractivity contribution in [3.8, 4) is 6.07 Å². The number of hydrogen-bond donors (Lipinski definition) is 0. The fourth-order valence-corrected chi connectivity index (χ4v) is 1.25. The minimum Gasteiger partial charge on any atom is -0.268 e. The Balaban J connectivity index is 2.19. The Morgan fingerprint density at radius 2 is 2.45 bits per heavy atom. The van der Waals surface area contributed by atoms with Crippen LogP contribution in [0.25, 0.3) is 0 Å². The SMILES string of the molecule is N#Cc1ccn(C2CCC2)n1. The minimum atomic E-state index is 0.525. The second-order valence-electron chi connectivity index (χ2n) is 2.88. The van der Waals surface area contributed by atoms with Crippen LogP contribution in [0.3, 0.4) is 0 Å². The summed E-state index contributed by atoms with van der Waals surface area (Å²) in [6, 6.07) is 4.35. The number of nitrogens with zero attached hydrogens (tertiary/aromatic N) is 3. The molecule has 1 fully saturated rings. The zero-order valence-electron chi connectivity index (χ0n) is 6.20. The van der Waals surface area contributed by atoms with Gasteiger partial charge in [-0.1, -0.05) is 0 Å². The molecule has 1 aliphatic carbocycles. The molecule has 1 heterocycles. The number of aromatic nitrogens is 2. The van der Waals surface area contributed by atoms with Gasteiger partial charge in [0.05, 0.1) is 6.04 Å². The van der Waals surface area contributed by atoms with Gasteiger partial charge >= 0.3 is 0 Å². The summed E-state index contributed by atoms with van der Waals surface area (Å²) in [5, 5.41) is 12.6. The summed E-state index contributed by atoms with van der Waals surface area (Å²) < 4.78 is 1.90. The molecule has 0 N–H and O–H groups in total. The van der Waals surface area contributed by atoms with Crippen LogP contribution in [0, 0.1) is 11.3 Å². The average molecular weight is 147 g/mol. The van der Waals surface area contributed by atoms with Gasteiger partial charge in [-0.05, 0) is 25.3 Å². The Kier molecular flexibility index (Phi) is 1.39. The van der Waals surface area contributed by atoms with E-state index in [1.807, 2.05) is 16.9 Å². The van der Waals surface area contributed by atoms with Gasteiger partial charge in [-0.15, -0.1) is 0 Å². The highest BCUT2D eigenvalue weighted by atomic mass is 15.3. The van der Waals surface area contributed by atoms with Gasteiger partial charge in [0.25, 0.3) is 0 Å². The summed E-state index contributed by atoms with van der Waals surface area (Å²) in [5.41, 5.74) is 0.525. The van der Waals surface area contributed by atoms with Gasteiger partial charge in [-0.2, -0.15) is 10.4 Å². The van der Waals surface area contributed by atoms with Crippen molar-refractivity contribution in [3.63, 3.8) is 0 Å². The summed E-state index contributed by atoms with van der Waals surface area (Å²) >= 11 is 0. The van der Waals surface area contributed by atoms with Crippen molar-refractivity contribution in [2.75, 3.05) is 0 Å². The molecule has 1 saturated carbocycles. The normalized spacial score (nSPS) is 17.4. The maximum Gasteiger partial charge on any atom is 0.162 e. The van der Waals surface area contributed by atoms with Crippen molar-refractivity contribution < 1.29 is 0 Å². The van der Waals surface area contributed by atoms with E-state index in [0.717, 1.165) is 0 Å². The molecular weight excluding hydrogens is 138 g/mol. The lowest BCUT2D eigenvalue weighted by molar-refractivity contribution is 0.289. The largest absolute Gasteiger partial charge is 0.268 e. The van der Waals surface area contributed by atoms with Crippen LogP contribution in [-0.2, 0) is 0 Å². The summed E-state index contributed by atoms with van der Waals surface area (Å²) in [6.07, 6.45) is 5.62. The Hall–Kier alpha value is -1.30. The third kappa shape index (κ3) is 1.01. The molecule has 56 valence electrons. The van der Waals surface area contributed by atoms with E-state index >= 15 is 0 Å². The van der Waals surface area contributed by atoms with Crippen LogP contribution in [0.15, 0.2) is 12.3 Å². The average Bonchev–Trinajstić information content (AvgIpc) is 2.32. The van der Waals surface area contributed by atoms with Crippen molar-refractivity contribution in [3.05, 3.63) is 18.0 Å². The Morgan fingerprint density at radius 3 is 2.91 bits per heavy atom. The van der Waals surface area contributed by atoms with Gasteiger partial charge < -0.3 is 0 Å². The molecule has 0 atom stereocenters. The first-order chi connectivity index (χ1) is 5.40. The molecule has 1 aliphatic rings. The molecule has 1 aromatic rings. The lowest BCUT2D eigenvalue weighted by Gasteiger charge is -2.25. The Morgan fingerprint density at radius 1 is 1.64 bits per heavy atom. The Labute approximate surface area is 65.3 Å². The minimum absolute atomic E-state index is 0.525. The van der Waals surface area contributed by atoms with Crippen LogP contribution in [0.4, 0.5) is 0 Å². The van der Waals surface area contributed by atoms with E-state index in [2.05, 4.69) is 5.10 Å². The molecule has 0 saturated heterocycles. The first kappa shape index (κ1) is 6.41. The highest BCUT2D eigenvalue weighted by Crippen LogP contribution is 2.30. The summed E-state index contributed by atoms with van der Waals surface area (Å²) in [6.45, 7) is 0. The molecule has 3 nitrogen and oxygen atoms in total. The number of hydrogen-bond acceptors (Lipinski definition) is 2. The fourth-order valence-electron chi connectivity index (χ4n) is 1.25.